The zero-order valence-corrected chi connectivity index (χ0v) is 21.9. The molecule has 0 saturated carbocycles. The lowest BCUT2D eigenvalue weighted by molar-refractivity contribution is 0.311. The summed E-state index contributed by atoms with van der Waals surface area (Å²) in [4.78, 5) is 0. The van der Waals surface area contributed by atoms with Crippen molar-refractivity contribution in [2.24, 2.45) is 0 Å². The summed E-state index contributed by atoms with van der Waals surface area (Å²) in [6.07, 6.45) is 2.70. The van der Waals surface area contributed by atoms with Crippen LogP contribution in [0.4, 0.5) is 0 Å². The Morgan fingerprint density at radius 3 is 1.86 bits per heavy atom. The van der Waals surface area contributed by atoms with Gasteiger partial charge >= 0.3 is 0 Å². The quantitative estimate of drug-likeness (QED) is 0.112. The molecule has 4 heteroatoms. The largest absolute Gasteiger partial charge is 0.497 e. The maximum absolute atomic E-state index is 6.28. The molecule has 0 fully saturated rings. The number of hydrogen-bond donors (Lipinski definition) is 0. The van der Waals surface area contributed by atoms with Crippen molar-refractivity contribution in [3.05, 3.63) is 130 Å². The number of halogens is 2. The lowest BCUT2D eigenvalue weighted by Crippen LogP contribution is -2.00. The molecule has 0 aliphatic heterocycles. The molecule has 184 valence electrons. The van der Waals surface area contributed by atoms with Crippen LogP contribution in [-0.4, -0.2) is 19.6 Å². The van der Waals surface area contributed by atoms with Crippen molar-refractivity contribution in [1.29, 1.82) is 0 Å². The Hall–Kier alpha value is -3.20. The summed E-state index contributed by atoms with van der Waals surface area (Å²) in [7, 11) is 1.68. The van der Waals surface area contributed by atoms with Crippen LogP contribution in [0.1, 0.15) is 35.1 Å². The van der Waals surface area contributed by atoms with Gasteiger partial charge in [-0.25, -0.2) is 0 Å². The number of ether oxygens (including phenoxy) is 2. The van der Waals surface area contributed by atoms with E-state index in [-0.39, 0.29) is 0 Å². The average Bonchev–Trinajstić information content (AvgIpc) is 2.93. The fourth-order valence-electron chi connectivity index (χ4n) is 4.26. The summed E-state index contributed by atoms with van der Waals surface area (Å²) in [5.41, 5.74) is 6.95. The molecule has 0 saturated heterocycles. The van der Waals surface area contributed by atoms with E-state index in [0.29, 0.717) is 17.5 Å². The molecule has 0 aliphatic rings. The molecule has 4 aromatic rings. The van der Waals surface area contributed by atoms with Gasteiger partial charge in [0.2, 0.25) is 0 Å². The number of rotatable bonds is 11. The summed E-state index contributed by atoms with van der Waals surface area (Å²) in [5.74, 6) is 2.20. The Labute approximate surface area is 224 Å². The Kier molecular flexibility index (Phi) is 9.49. The molecule has 0 unspecified atom stereocenters. The van der Waals surface area contributed by atoms with Crippen LogP contribution < -0.4 is 9.47 Å². The van der Waals surface area contributed by atoms with Crippen LogP contribution in [0, 0.1) is 0 Å². The van der Waals surface area contributed by atoms with E-state index >= 15 is 0 Å². The molecule has 0 N–H and O–H groups in total. The highest BCUT2D eigenvalue weighted by atomic mass is 35.5. The molecule has 0 radical (unpaired) electrons. The second-order valence-electron chi connectivity index (χ2n) is 8.49. The molecular weight excluding hydrogens is 487 g/mol. The van der Waals surface area contributed by atoms with Gasteiger partial charge in [0, 0.05) is 10.9 Å². The lowest BCUT2D eigenvalue weighted by atomic mass is 9.88. The van der Waals surface area contributed by atoms with Gasteiger partial charge in [0.15, 0.2) is 0 Å². The molecule has 0 aromatic heterocycles. The van der Waals surface area contributed by atoms with E-state index in [1.807, 2.05) is 42.5 Å². The van der Waals surface area contributed by atoms with Crippen LogP contribution in [0.3, 0.4) is 0 Å². The Balaban J connectivity index is 1.61. The van der Waals surface area contributed by atoms with Gasteiger partial charge in [0.1, 0.15) is 11.5 Å². The highest BCUT2D eigenvalue weighted by Gasteiger charge is 2.15. The Bertz CT molecular complexity index is 1250. The smallest absolute Gasteiger partial charge is 0.119 e. The Morgan fingerprint density at radius 1 is 0.694 bits per heavy atom. The van der Waals surface area contributed by atoms with E-state index in [0.717, 1.165) is 53.0 Å². The second kappa shape index (κ2) is 13.2. The van der Waals surface area contributed by atoms with Gasteiger partial charge in [0.25, 0.3) is 0 Å². The molecule has 4 aromatic carbocycles. The number of allylic oxidation sites excluding steroid dienone is 1. The maximum Gasteiger partial charge on any atom is 0.119 e. The molecule has 0 amide bonds. The van der Waals surface area contributed by atoms with Gasteiger partial charge in [-0.05, 0) is 89.1 Å². The van der Waals surface area contributed by atoms with Crippen molar-refractivity contribution in [1.82, 2.24) is 0 Å². The summed E-state index contributed by atoms with van der Waals surface area (Å²) >= 11 is 12.5. The van der Waals surface area contributed by atoms with Gasteiger partial charge in [-0.2, -0.15) is 0 Å². The first-order valence-electron chi connectivity index (χ1n) is 12.1. The number of hydrogen-bond acceptors (Lipinski definition) is 2. The van der Waals surface area contributed by atoms with Crippen LogP contribution in [-0.2, 0) is 6.42 Å². The third-order valence-corrected chi connectivity index (χ3v) is 6.52. The van der Waals surface area contributed by atoms with Gasteiger partial charge in [-0.1, -0.05) is 78.3 Å². The first-order valence-corrected chi connectivity index (χ1v) is 13.1. The maximum atomic E-state index is 6.28. The average molecular weight is 517 g/mol. The van der Waals surface area contributed by atoms with Crippen molar-refractivity contribution in [2.75, 3.05) is 19.6 Å². The summed E-state index contributed by atoms with van der Waals surface area (Å²) in [5, 5.41) is 0.712. The van der Waals surface area contributed by atoms with E-state index in [1.54, 1.807) is 7.11 Å². The molecule has 2 nitrogen and oxygen atoms in total. The monoisotopic (exact) mass is 516 g/mol. The molecule has 0 bridgehead atoms. The standard InChI is InChI=1S/C32H30Cl2O2/c1-35-29-17-11-26(12-18-29)32(31(21-22-33)25-9-15-28(34)16-10-25)27-13-19-30(20-14-27)36-23-5-8-24-6-3-2-4-7-24/h2-4,6-7,9-20H,5,8,21-23H2,1H3. The van der Waals surface area contributed by atoms with Crippen molar-refractivity contribution < 1.29 is 9.47 Å². The SMILES string of the molecule is COc1ccc(C(=C(CCCl)c2ccc(Cl)cc2)c2ccc(OCCCc3ccccc3)cc2)cc1. The van der Waals surface area contributed by atoms with Crippen LogP contribution >= 0.6 is 23.2 Å². The Morgan fingerprint density at radius 2 is 1.28 bits per heavy atom. The number of alkyl halides is 1. The third-order valence-electron chi connectivity index (χ3n) is 6.08. The van der Waals surface area contributed by atoms with Crippen LogP contribution in [0.2, 0.25) is 5.02 Å². The van der Waals surface area contributed by atoms with Gasteiger partial charge < -0.3 is 9.47 Å². The zero-order chi connectivity index (χ0) is 25.2. The van der Waals surface area contributed by atoms with E-state index in [4.69, 9.17) is 32.7 Å². The fraction of sp³-hybridized carbons (Fsp3) is 0.188. The van der Waals surface area contributed by atoms with Crippen LogP contribution in [0.25, 0.3) is 11.1 Å². The van der Waals surface area contributed by atoms with E-state index in [1.165, 1.54) is 11.1 Å². The van der Waals surface area contributed by atoms with Gasteiger partial charge in [-0.15, -0.1) is 11.6 Å². The summed E-state index contributed by atoms with van der Waals surface area (Å²) in [6.45, 7) is 0.678. The van der Waals surface area contributed by atoms with Crippen molar-refractivity contribution in [3.63, 3.8) is 0 Å². The summed E-state index contributed by atoms with van der Waals surface area (Å²) < 4.78 is 11.4. The van der Waals surface area contributed by atoms with E-state index < -0.39 is 0 Å². The van der Waals surface area contributed by atoms with E-state index in [9.17, 15) is 0 Å². The molecule has 4 rings (SSSR count). The molecule has 0 heterocycles. The topological polar surface area (TPSA) is 18.5 Å². The third kappa shape index (κ3) is 6.94. The minimum absolute atomic E-state index is 0.514. The first kappa shape index (κ1) is 25.9. The minimum Gasteiger partial charge on any atom is -0.497 e. The van der Waals surface area contributed by atoms with Crippen molar-refractivity contribution >= 4 is 34.3 Å². The molecule has 0 atom stereocenters. The first-order chi connectivity index (χ1) is 17.7. The minimum atomic E-state index is 0.514. The second-order valence-corrected chi connectivity index (χ2v) is 9.30. The number of methoxy groups -OCH3 is 1. The molecule has 36 heavy (non-hydrogen) atoms. The van der Waals surface area contributed by atoms with Gasteiger partial charge in [-0.3, -0.25) is 0 Å². The van der Waals surface area contributed by atoms with Crippen molar-refractivity contribution in [2.45, 2.75) is 19.3 Å². The summed E-state index contributed by atoms with van der Waals surface area (Å²) in [6, 6.07) is 34.9. The lowest BCUT2D eigenvalue weighted by Gasteiger charge is -2.18. The molecule has 0 spiro atoms. The van der Waals surface area contributed by atoms with Crippen LogP contribution in [0.15, 0.2) is 103 Å². The normalized spacial score (nSPS) is 11.6. The van der Waals surface area contributed by atoms with Crippen molar-refractivity contribution in [3.8, 4) is 11.5 Å². The van der Waals surface area contributed by atoms with E-state index in [2.05, 4.69) is 60.7 Å². The van der Waals surface area contributed by atoms with Gasteiger partial charge in [0.05, 0.1) is 13.7 Å². The number of benzene rings is 4. The highest BCUT2D eigenvalue weighted by Crippen LogP contribution is 2.36. The van der Waals surface area contributed by atoms with Crippen LogP contribution in [0.5, 0.6) is 11.5 Å². The highest BCUT2D eigenvalue weighted by molar-refractivity contribution is 6.30. The fourth-order valence-corrected chi connectivity index (χ4v) is 4.58. The molecule has 0 aliphatic carbocycles. The molecular formula is C32H30Cl2O2. The predicted octanol–water partition coefficient (Wildman–Crippen LogP) is 8.95. The zero-order valence-electron chi connectivity index (χ0n) is 20.4. The number of aryl methyl sites for hydroxylation is 1. The predicted molar refractivity (Wildman–Crippen MR) is 152 cm³/mol.